The van der Waals surface area contributed by atoms with Crippen LogP contribution in [0, 0.1) is 0 Å². The van der Waals surface area contributed by atoms with Gasteiger partial charge in [0.1, 0.15) is 0 Å². The van der Waals surface area contributed by atoms with E-state index in [1.165, 1.54) is 12.1 Å². The first-order valence-electron chi connectivity index (χ1n) is 7.10. The van der Waals surface area contributed by atoms with Crippen molar-refractivity contribution in [2.75, 3.05) is 10.8 Å². The van der Waals surface area contributed by atoms with Crippen LogP contribution in [0.1, 0.15) is 18.1 Å². The van der Waals surface area contributed by atoms with Gasteiger partial charge >= 0.3 is 6.18 Å². The van der Waals surface area contributed by atoms with Gasteiger partial charge in [0.15, 0.2) is 0 Å². The summed E-state index contributed by atoms with van der Waals surface area (Å²) in [5.74, 6) is 0. The third-order valence-electron chi connectivity index (χ3n) is 3.42. The van der Waals surface area contributed by atoms with Gasteiger partial charge in [-0.2, -0.15) is 13.2 Å². The average Bonchev–Trinajstić information content (AvgIpc) is 2.55. The zero-order valence-electron chi connectivity index (χ0n) is 12.8. The lowest BCUT2D eigenvalue weighted by Gasteiger charge is -2.23. The molecule has 0 fully saturated rings. The molecule has 2 rings (SSSR count). The van der Waals surface area contributed by atoms with E-state index >= 15 is 0 Å². The van der Waals surface area contributed by atoms with E-state index in [0.29, 0.717) is 11.6 Å². The van der Waals surface area contributed by atoms with Crippen molar-refractivity contribution in [2.45, 2.75) is 24.6 Å². The molecule has 2 aromatic carbocycles. The maximum Gasteiger partial charge on any atom is 0.416 e. The number of hydrogen-bond acceptors (Lipinski definition) is 3. The zero-order valence-corrected chi connectivity index (χ0v) is 13.6. The summed E-state index contributed by atoms with van der Waals surface area (Å²) in [6.07, 6.45) is -4.63. The smallest absolute Gasteiger partial charge is 0.392 e. The number of aliphatic hydroxyl groups excluding tert-OH is 1. The molecule has 0 aliphatic rings. The molecule has 4 nitrogen and oxygen atoms in total. The van der Waals surface area contributed by atoms with E-state index in [1.807, 2.05) is 0 Å². The Hall–Kier alpha value is -2.06. The number of alkyl halides is 3. The van der Waals surface area contributed by atoms with E-state index in [2.05, 4.69) is 0 Å². The summed E-state index contributed by atoms with van der Waals surface area (Å²) in [5, 5.41) is 9.17. The lowest BCUT2D eigenvalue weighted by atomic mass is 10.2. The number of hydrogen-bond donors (Lipinski definition) is 1. The summed E-state index contributed by atoms with van der Waals surface area (Å²) in [6, 6.07) is 9.83. The molecule has 0 heterocycles. The number of nitrogens with zero attached hydrogens (tertiary/aromatic N) is 1. The van der Waals surface area contributed by atoms with Crippen LogP contribution in [0.5, 0.6) is 0 Å². The molecular weight excluding hydrogens is 343 g/mol. The van der Waals surface area contributed by atoms with Gasteiger partial charge in [-0.05, 0) is 42.8 Å². The maximum absolute atomic E-state index is 12.8. The average molecular weight is 359 g/mol. The van der Waals surface area contributed by atoms with Gasteiger partial charge in [0.2, 0.25) is 0 Å². The molecule has 0 saturated heterocycles. The first kappa shape index (κ1) is 18.3. The first-order valence-corrected chi connectivity index (χ1v) is 8.54. The maximum atomic E-state index is 12.8. The Kier molecular flexibility index (Phi) is 5.19. The van der Waals surface area contributed by atoms with E-state index in [4.69, 9.17) is 5.11 Å². The molecule has 24 heavy (non-hydrogen) atoms. The molecule has 0 unspecified atom stereocenters. The predicted molar refractivity (Wildman–Crippen MR) is 84.0 cm³/mol. The van der Waals surface area contributed by atoms with Gasteiger partial charge in [0.25, 0.3) is 10.0 Å². The van der Waals surface area contributed by atoms with Crippen molar-refractivity contribution < 1.29 is 26.7 Å². The highest BCUT2D eigenvalue weighted by molar-refractivity contribution is 7.92. The number of aliphatic hydroxyl groups is 1. The number of benzene rings is 2. The lowest BCUT2D eigenvalue weighted by molar-refractivity contribution is -0.137. The van der Waals surface area contributed by atoms with Gasteiger partial charge in [-0.3, -0.25) is 4.31 Å². The summed E-state index contributed by atoms with van der Waals surface area (Å²) >= 11 is 0. The minimum atomic E-state index is -4.63. The predicted octanol–water partition coefficient (Wildman–Crippen LogP) is 3.41. The molecule has 1 N–H and O–H groups in total. The molecule has 130 valence electrons. The van der Waals surface area contributed by atoms with Gasteiger partial charge in [-0.25, -0.2) is 8.42 Å². The summed E-state index contributed by atoms with van der Waals surface area (Å²) in [7, 11) is -4.16. The highest BCUT2D eigenvalue weighted by Gasteiger charge is 2.32. The van der Waals surface area contributed by atoms with Crippen molar-refractivity contribution in [1.29, 1.82) is 0 Å². The molecule has 2 aromatic rings. The first-order chi connectivity index (χ1) is 11.2. The Morgan fingerprint density at radius 2 is 1.75 bits per heavy atom. The SMILES string of the molecule is CCN(c1cccc(CO)c1)S(=O)(=O)c1cccc(C(F)(F)F)c1. The summed E-state index contributed by atoms with van der Waals surface area (Å²) < 4.78 is 65.0. The van der Waals surface area contributed by atoms with E-state index in [9.17, 15) is 21.6 Å². The van der Waals surface area contributed by atoms with E-state index in [1.54, 1.807) is 19.1 Å². The van der Waals surface area contributed by atoms with Crippen molar-refractivity contribution in [1.82, 2.24) is 0 Å². The van der Waals surface area contributed by atoms with Crippen molar-refractivity contribution in [2.24, 2.45) is 0 Å². The Balaban J connectivity index is 2.51. The Morgan fingerprint density at radius 1 is 1.08 bits per heavy atom. The second kappa shape index (κ2) is 6.82. The number of sulfonamides is 1. The fourth-order valence-electron chi connectivity index (χ4n) is 2.26. The summed E-state index contributed by atoms with van der Waals surface area (Å²) in [5.41, 5.74) is -0.240. The normalized spacial score (nSPS) is 12.2. The van der Waals surface area contributed by atoms with Crippen LogP contribution in [-0.2, 0) is 22.8 Å². The minimum absolute atomic E-state index is 0.0352. The molecule has 0 spiro atoms. The topological polar surface area (TPSA) is 57.6 Å². The molecule has 0 bridgehead atoms. The van der Waals surface area contributed by atoms with Crippen molar-refractivity contribution >= 4 is 15.7 Å². The zero-order chi connectivity index (χ0) is 18.0. The lowest BCUT2D eigenvalue weighted by Crippen LogP contribution is -2.31. The van der Waals surface area contributed by atoms with Gasteiger partial charge in [-0.1, -0.05) is 18.2 Å². The second-order valence-electron chi connectivity index (χ2n) is 5.02. The summed E-state index contributed by atoms with van der Waals surface area (Å²) in [6.45, 7) is 1.35. The highest BCUT2D eigenvalue weighted by Crippen LogP contribution is 2.32. The molecule has 0 aliphatic heterocycles. The van der Waals surface area contributed by atoms with Crippen LogP contribution in [0.25, 0.3) is 0 Å². The van der Waals surface area contributed by atoms with Crippen LogP contribution in [0.3, 0.4) is 0 Å². The fourth-order valence-corrected chi connectivity index (χ4v) is 3.77. The monoisotopic (exact) mass is 359 g/mol. The van der Waals surface area contributed by atoms with Crippen LogP contribution in [0.2, 0.25) is 0 Å². The van der Waals surface area contributed by atoms with Crippen LogP contribution in [0.4, 0.5) is 18.9 Å². The van der Waals surface area contributed by atoms with Crippen molar-refractivity contribution in [3.8, 4) is 0 Å². The van der Waals surface area contributed by atoms with Crippen LogP contribution in [0.15, 0.2) is 53.4 Å². The minimum Gasteiger partial charge on any atom is -0.392 e. The summed E-state index contributed by atoms with van der Waals surface area (Å²) in [4.78, 5) is -0.437. The molecule has 8 heteroatoms. The molecule has 0 aromatic heterocycles. The largest absolute Gasteiger partial charge is 0.416 e. The third kappa shape index (κ3) is 3.70. The number of anilines is 1. The van der Waals surface area contributed by atoms with E-state index in [-0.39, 0.29) is 18.8 Å². The Morgan fingerprint density at radius 3 is 2.33 bits per heavy atom. The molecular formula is C16H16F3NO3S. The van der Waals surface area contributed by atoms with Gasteiger partial charge in [0.05, 0.1) is 22.8 Å². The Labute approximate surface area is 138 Å². The Bertz CT molecular complexity index is 819. The van der Waals surface area contributed by atoms with Gasteiger partial charge < -0.3 is 5.11 Å². The molecule has 0 amide bonds. The van der Waals surface area contributed by atoms with Crippen LogP contribution >= 0.6 is 0 Å². The van der Waals surface area contributed by atoms with Crippen molar-refractivity contribution in [3.63, 3.8) is 0 Å². The number of rotatable bonds is 5. The third-order valence-corrected chi connectivity index (χ3v) is 5.32. The van der Waals surface area contributed by atoms with E-state index < -0.39 is 26.7 Å². The highest BCUT2D eigenvalue weighted by atomic mass is 32.2. The number of halogens is 3. The second-order valence-corrected chi connectivity index (χ2v) is 6.89. The molecule has 0 atom stereocenters. The molecule has 0 radical (unpaired) electrons. The van der Waals surface area contributed by atoms with E-state index in [0.717, 1.165) is 22.5 Å². The standard InChI is InChI=1S/C16H16F3NO3S/c1-2-20(14-7-3-5-12(9-14)11-21)24(22,23)15-8-4-6-13(10-15)16(17,18)19/h3-10,21H,2,11H2,1H3. The van der Waals surface area contributed by atoms with Crippen LogP contribution < -0.4 is 4.31 Å². The quantitative estimate of drug-likeness (QED) is 0.890. The molecule has 0 aliphatic carbocycles. The van der Waals surface area contributed by atoms with Gasteiger partial charge in [0, 0.05) is 6.54 Å². The van der Waals surface area contributed by atoms with Crippen molar-refractivity contribution in [3.05, 3.63) is 59.7 Å². The van der Waals surface area contributed by atoms with Gasteiger partial charge in [-0.15, -0.1) is 0 Å². The fraction of sp³-hybridized carbons (Fsp3) is 0.250. The molecule has 0 saturated carbocycles. The van der Waals surface area contributed by atoms with Crippen LogP contribution in [-0.4, -0.2) is 20.1 Å².